The molecule has 2 aromatic rings. The molecule has 3 heteroatoms. The molecule has 1 N–H and O–H groups in total. The minimum atomic E-state index is 0.207. The van der Waals surface area contributed by atoms with Crippen molar-refractivity contribution in [3.8, 4) is 11.5 Å². The molecule has 128 valence electrons. The lowest BCUT2D eigenvalue weighted by atomic mass is 9.81. The van der Waals surface area contributed by atoms with Gasteiger partial charge in [-0.1, -0.05) is 50.1 Å². The highest BCUT2D eigenvalue weighted by Gasteiger charge is 2.29. The third kappa shape index (κ3) is 3.27. The zero-order chi connectivity index (χ0) is 16.9. The van der Waals surface area contributed by atoms with E-state index in [2.05, 4.69) is 54.7 Å². The Hall–Kier alpha value is -2.00. The number of fused-ring (bicyclic) bond motifs is 1. The third-order valence-electron chi connectivity index (χ3n) is 4.95. The first-order valence-electron chi connectivity index (χ1n) is 8.82. The van der Waals surface area contributed by atoms with Crippen molar-refractivity contribution in [1.29, 1.82) is 0 Å². The molecule has 0 spiro atoms. The average Bonchev–Trinajstić information content (AvgIpc) is 2.65. The van der Waals surface area contributed by atoms with Crippen molar-refractivity contribution in [3.63, 3.8) is 0 Å². The van der Waals surface area contributed by atoms with Crippen molar-refractivity contribution in [2.75, 3.05) is 20.8 Å². The summed E-state index contributed by atoms with van der Waals surface area (Å²) in [5.41, 5.74) is 4.00. The molecule has 0 fully saturated rings. The van der Waals surface area contributed by atoms with Crippen LogP contribution in [0.25, 0.3) is 0 Å². The first-order valence-corrected chi connectivity index (χ1v) is 8.82. The van der Waals surface area contributed by atoms with Crippen molar-refractivity contribution in [2.45, 2.75) is 38.1 Å². The molecule has 2 aromatic carbocycles. The number of methoxy groups -OCH3 is 2. The van der Waals surface area contributed by atoms with E-state index in [1.165, 1.54) is 36.0 Å². The van der Waals surface area contributed by atoms with Gasteiger partial charge in [-0.15, -0.1) is 0 Å². The van der Waals surface area contributed by atoms with Gasteiger partial charge in [0, 0.05) is 6.54 Å². The molecular formula is C21H27NO2. The molecule has 24 heavy (non-hydrogen) atoms. The smallest absolute Gasteiger partial charge is 0.161 e. The van der Waals surface area contributed by atoms with Crippen LogP contribution >= 0.6 is 0 Å². The van der Waals surface area contributed by atoms with E-state index in [1.807, 2.05) is 0 Å². The topological polar surface area (TPSA) is 30.5 Å². The van der Waals surface area contributed by atoms with Crippen LogP contribution in [-0.4, -0.2) is 20.8 Å². The van der Waals surface area contributed by atoms with Crippen LogP contribution in [0.3, 0.4) is 0 Å². The number of rotatable bonds is 6. The van der Waals surface area contributed by atoms with Gasteiger partial charge in [-0.05, 0) is 41.2 Å². The van der Waals surface area contributed by atoms with Crippen LogP contribution in [0, 0.1) is 0 Å². The number of ether oxygens (including phenoxy) is 2. The van der Waals surface area contributed by atoms with E-state index < -0.39 is 0 Å². The third-order valence-corrected chi connectivity index (χ3v) is 4.95. The van der Waals surface area contributed by atoms with Crippen molar-refractivity contribution in [2.24, 2.45) is 0 Å². The summed E-state index contributed by atoms with van der Waals surface area (Å²) in [5.74, 6) is 2.15. The Bertz CT molecular complexity index is 669. The predicted octanol–water partition coefficient (Wildman–Crippen LogP) is 4.67. The van der Waals surface area contributed by atoms with Crippen molar-refractivity contribution in [3.05, 3.63) is 59.2 Å². The van der Waals surface area contributed by atoms with E-state index in [-0.39, 0.29) is 6.04 Å². The molecule has 2 atom stereocenters. The molecule has 0 aromatic heterocycles. The van der Waals surface area contributed by atoms with Gasteiger partial charge in [0.1, 0.15) is 0 Å². The van der Waals surface area contributed by atoms with Crippen molar-refractivity contribution < 1.29 is 9.47 Å². The van der Waals surface area contributed by atoms with Crippen LogP contribution in [-0.2, 0) is 0 Å². The lowest BCUT2D eigenvalue weighted by Gasteiger charge is -2.34. The van der Waals surface area contributed by atoms with Gasteiger partial charge in [-0.25, -0.2) is 0 Å². The molecule has 0 amide bonds. The second-order valence-electron chi connectivity index (χ2n) is 6.43. The highest BCUT2D eigenvalue weighted by molar-refractivity contribution is 5.52. The first-order chi connectivity index (χ1) is 11.8. The lowest BCUT2D eigenvalue weighted by Crippen LogP contribution is -2.33. The van der Waals surface area contributed by atoms with E-state index in [1.54, 1.807) is 14.2 Å². The average molecular weight is 325 g/mol. The molecule has 0 bridgehead atoms. The monoisotopic (exact) mass is 325 g/mol. The minimum absolute atomic E-state index is 0.207. The summed E-state index contributed by atoms with van der Waals surface area (Å²) in [6.07, 6.45) is 3.67. The molecule has 0 radical (unpaired) electrons. The van der Waals surface area contributed by atoms with Crippen molar-refractivity contribution >= 4 is 0 Å². The summed E-state index contributed by atoms with van der Waals surface area (Å²) >= 11 is 0. The molecule has 1 aliphatic heterocycles. The SMILES string of the molecule is CCCC[C@H]1CN[C@H](c2ccccc2)c2cc(OC)c(OC)cc21. The van der Waals surface area contributed by atoms with Gasteiger partial charge >= 0.3 is 0 Å². The summed E-state index contributed by atoms with van der Waals surface area (Å²) in [6.45, 7) is 3.25. The van der Waals surface area contributed by atoms with E-state index >= 15 is 0 Å². The van der Waals surface area contributed by atoms with Gasteiger partial charge in [0.2, 0.25) is 0 Å². The fourth-order valence-electron chi connectivity index (χ4n) is 3.64. The largest absolute Gasteiger partial charge is 0.493 e. The zero-order valence-electron chi connectivity index (χ0n) is 14.8. The predicted molar refractivity (Wildman–Crippen MR) is 98.1 cm³/mol. The molecule has 0 saturated carbocycles. The number of hydrogen-bond donors (Lipinski definition) is 1. The summed E-state index contributed by atoms with van der Waals surface area (Å²) in [6, 6.07) is 15.2. The van der Waals surface area contributed by atoms with Crippen LogP contribution in [0.5, 0.6) is 11.5 Å². The summed E-state index contributed by atoms with van der Waals surface area (Å²) in [7, 11) is 3.41. The Morgan fingerprint density at radius 1 is 1.00 bits per heavy atom. The van der Waals surface area contributed by atoms with Gasteiger partial charge in [0.25, 0.3) is 0 Å². The number of unbranched alkanes of at least 4 members (excludes halogenated alkanes) is 1. The Kier molecular flexibility index (Phi) is 5.41. The second kappa shape index (κ2) is 7.71. The van der Waals surface area contributed by atoms with Gasteiger partial charge in [-0.3, -0.25) is 0 Å². The van der Waals surface area contributed by atoms with Crippen LogP contribution < -0.4 is 14.8 Å². The normalized spacial score (nSPS) is 19.6. The van der Waals surface area contributed by atoms with Gasteiger partial charge in [0.05, 0.1) is 20.3 Å². The Morgan fingerprint density at radius 2 is 1.67 bits per heavy atom. The maximum Gasteiger partial charge on any atom is 0.161 e. The molecule has 0 saturated heterocycles. The van der Waals surface area contributed by atoms with Crippen LogP contribution in [0.2, 0.25) is 0 Å². The fourth-order valence-corrected chi connectivity index (χ4v) is 3.64. The minimum Gasteiger partial charge on any atom is -0.493 e. The molecule has 1 heterocycles. The molecule has 1 aliphatic rings. The zero-order valence-corrected chi connectivity index (χ0v) is 14.8. The van der Waals surface area contributed by atoms with Gasteiger partial charge in [0.15, 0.2) is 11.5 Å². The molecule has 0 aliphatic carbocycles. The number of nitrogens with one attached hydrogen (secondary N) is 1. The van der Waals surface area contributed by atoms with E-state index in [4.69, 9.17) is 9.47 Å². The highest BCUT2D eigenvalue weighted by atomic mass is 16.5. The van der Waals surface area contributed by atoms with Crippen molar-refractivity contribution in [1.82, 2.24) is 5.32 Å². The van der Waals surface area contributed by atoms with E-state index in [0.29, 0.717) is 5.92 Å². The van der Waals surface area contributed by atoms with E-state index in [9.17, 15) is 0 Å². The molecule has 3 rings (SSSR count). The quantitative estimate of drug-likeness (QED) is 0.837. The van der Waals surface area contributed by atoms with Gasteiger partial charge < -0.3 is 14.8 Å². The number of hydrogen-bond acceptors (Lipinski definition) is 3. The summed E-state index contributed by atoms with van der Waals surface area (Å²) in [5, 5.41) is 3.74. The standard InChI is InChI=1S/C21H27NO2/c1-4-5-9-16-14-22-21(15-10-7-6-8-11-15)18-13-20(24-3)19(23-2)12-17(16)18/h6-8,10-13,16,21-22H,4-5,9,14H2,1-3H3/t16-,21+/m0/s1. The summed E-state index contributed by atoms with van der Waals surface area (Å²) < 4.78 is 11.1. The molecule has 0 unspecified atom stereocenters. The Morgan fingerprint density at radius 3 is 2.29 bits per heavy atom. The van der Waals surface area contributed by atoms with Crippen LogP contribution in [0.15, 0.2) is 42.5 Å². The van der Waals surface area contributed by atoms with Gasteiger partial charge in [-0.2, -0.15) is 0 Å². The summed E-state index contributed by atoms with van der Waals surface area (Å²) in [4.78, 5) is 0. The second-order valence-corrected chi connectivity index (χ2v) is 6.43. The maximum atomic E-state index is 5.55. The number of benzene rings is 2. The fraction of sp³-hybridized carbons (Fsp3) is 0.429. The van der Waals surface area contributed by atoms with E-state index in [0.717, 1.165) is 18.0 Å². The first kappa shape index (κ1) is 16.8. The van der Waals surface area contributed by atoms with Crippen LogP contribution in [0.1, 0.15) is 54.8 Å². The maximum absolute atomic E-state index is 5.55. The lowest BCUT2D eigenvalue weighted by molar-refractivity contribution is 0.351. The molecule has 3 nitrogen and oxygen atoms in total. The van der Waals surface area contributed by atoms with Crippen LogP contribution in [0.4, 0.5) is 0 Å². The Balaban J connectivity index is 2.06. The highest BCUT2D eigenvalue weighted by Crippen LogP contribution is 2.42. The molecular weight excluding hydrogens is 298 g/mol. The Labute approximate surface area is 145 Å².